The van der Waals surface area contributed by atoms with E-state index in [4.69, 9.17) is 9.47 Å². The second-order valence-electron chi connectivity index (χ2n) is 4.21. The number of nitrogens with zero attached hydrogens (tertiary/aromatic N) is 2. The van der Waals surface area contributed by atoms with Gasteiger partial charge >= 0.3 is 0 Å². The lowest BCUT2D eigenvalue weighted by molar-refractivity contribution is -0.113. The van der Waals surface area contributed by atoms with E-state index in [-0.39, 0.29) is 6.29 Å². The number of hydrogen-bond acceptors (Lipinski definition) is 4. The first-order valence-electron chi connectivity index (χ1n) is 5.72. The number of rotatable bonds is 7. The molecule has 0 radical (unpaired) electrons. The summed E-state index contributed by atoms with van der Waals surface area (Å²) in [4.78, 5) is 4.78. The average Bonchev–Trinajstić information content (AvgIpc) is 2.75. The van der Waals surface area contributed by atoms with Crippen molar-refractivity contribution in [3.05, 3.63) is 0 Å². The molecule has 0 saturated carbocycles. The molecular formula is C11H24N2O2. The van der Waals surface area contributed by atoms with Gasteiger partial charge in [-0.05, 0) is 33.0 Å². The first-order valence-corrected chi connectivity index (χ1v) is 5.72. The quantitative estimate of drug-likeness (QED) is 0.583. The highest BCUT2D eigenvalue weighted by atomic mass is 16.7. The molecule has 0 N–H and O–H groups in total. The second-order valence-corrected chi connectivity index (χ2v) is 4.21. The maximum absolute atomic E-state index is 5.16. The van der Waals surface area contributed by atoms with E-state index in [9.17, 15) is 0 Å². The third-order valence-corrected chi connectivity index (χ3v) is 2.98. The Morgan fingerprint density at radius 3 is 2.33 bits per heavy atom. The first kappa shape index (κ1) is 12.9. The van der Waals surface area contributed by atoms with Gasteiger partial charge in [0.25, 0.3) is 0 Å². The predicted molar refractivity (Wildman–Crippen MR) is 61.0 cm³/mol. The van der Waals surface area contributed by atoms with Crippen LogP contribution in [0.25, 0.3) is 0 Å². The average molecular weight is 216 g/mol. The van der Waals surface area contributed by atoms with Crippen molar-refractivity contribution < 1.29 is 9.47 Å². The Kier molecular flexibility index (Phi) is 6.17. The van der Waals surface area contributed by atoms with Gasteiger partial charge in [-0.3, -0.25) is 0 Å². The summed E-state index contributed by atoms with van der Waals surface area (Å²) in [5.74, 6) is 0. The molecule has 0 aromatic carbocycles. The predicted octanol–water partition coefficient (Wildman–Crippen LogP) is 0.633. The molecule has 1 aliphatic rings. The van der Waals surface area contributed by atoms with Gasteiger partial charge in [-0.25, -0.2) is 0 Å². The lowest BCUT2D eigenvalue weighted by Gasteiger charge is -2.24. The standard InChI is InChI=1S/C11H24N2O2/c1-12(10-11(14-2)15-3)8-9-13-6-4-5-7-13/h11H,4-10H2,1-3H3. The van der Waals surface area contributed by atoms with E-state index in [2.05, 4.69) is 16.8 Å². The molecule has 0 amide bonds. The Balaban J connectivity index is 2.08. The molecule has 90 valence electrons. The normalized spacial score (nSPS) is 18.2. The van der Waals surface area contributed by atoms with Crippen molar-refractivity contribution in [2.24, 2.45) is 0 Å². The van der Waals surface area contributed by atoms with E-state index in [0.29, 0.717) is 0 Å². The van der Waals surface area contributed by atoms with Gasteiger partial charge in [-0.1, -0.05) is 0 Å². The van der Waals surface area contributed by atoms with Crippen LogP contribution in [0.4, 0.5) is 0 Å². The van der Waals surface area contributed by atoms with Gasteiger partial charge in [0.05, 0.1) is 0 Å². The minimum Gasteiger partial charge on any atom is -0.355 e. The maximum atomic E-state index is 5.16. The van der Waals surface area contributed by atoms with E-state index in [1.807, 2.05) is 0 Å². The van der Waals surface area contributed by atoms with E-state index >= 15 is 0 Å². The lowest BCUT2D eigenvalue weighted by Crippen LogP contribution is -2.37. The Bertz CT molecular complexity index is 157. The monoisotopic (exact) mass is 216 g/mol. The van der Waals surface area contributed by atoms with Crippen LogP contribution in [0.15, 0.2) is 0 Å². The minimum absolute atomic E-state index is 0.103. The topological polar surface area (TPSA) is 24.9 Å². The van der Waals surface area contributed by atoms with Crippen molar-refractivity contribution in [1.82, 2.24) is 9.80 Å². The van der Waals surface area contributed by atoms with Gasteiger partial charge in [0.2, 0.25) is 0 Å². The number of likely N-dealkylation sites (tertiary alicyclic amines) is 1. The summed E-state index contributed by atoms with van der Waals surface area (Å²) in [6, 6.07) is 0. The Morgan fingerprint density at radius 2 is 1.80 bits per heavy atom. The fourth-order valence-corrected chi connectivity index (χ4v) is 1.91. The fourth-order valence-electron chi connectivity index (χ4n) is 1.91. The number of likely N-dealkylation sites (N-methyl/N-ethyl adjacent to an activating group) is 1. The van der Waals surface area contributed by atoms with Crippen molar-refractivity contribution in [2.75, 3.05) is 54.0 Å². The highest BCUT2D eigenvalue weighted by Crippen LogP contribution is 2.06. The van der Waals surface area contributed by atoms with Crippen LogP contribution in [-0.4, -0.2) is 70.1 Å². The van der Waals surface area contributed by atoms with Crippen molar-refractivity contribution in [1.29, 1.82) is 0 Å². The number of ether oxygens (including phenoxy) is 2. The van der Waals surface area contributed by atoms with Crippen molar-refractivity contribution in [3.8, 4) is 0 Å². The molecule has 1 heterocycles. The molecule has 1 saturated heterocycles. The molecule has 4 heteroatoms. The molecule has 4 nitrogen and oxygen atoms in total. The summed E-state index contributed by atoms with van der Waals surface area (Å²) in [7, 11) is 5.48. The Hall–Kier alpha value is -0.160. The van der Waals surface area contributed by atoms with Crippen molar-refractivity contribution in [3.63, 3.8) is 0 Å². The molecule has 0 unspecified atom stereocenters. The van der Waals surface area contributed by atoms with Crippen LogP contribution < -0.4 is 0 Å². The van der Waals surface area contributed by atoms with E-state index in [1.54, 1.807) is 14.2 Å². The third kappa shape index (κ3) is 4.93. The summed E-state index contributed by atoms with van der Waals surface area (Å²) >= 11 is 0. The molecule has 0 aromatic heterocycles. The summed E-state index contributed by atoms with van der Waals surface area (Å²) in [5, 5.41) is 0. The summed E-state index contributed by atoms with van der Waals surface area (Å²) in [5.41, 5.74) is 0. The maximum Gasteiger partial charge on any atom is 0.169 e. The Morgan fingerprint density at radius 1 is 1.20 bits per heavy atom. The van der Waals surface area contributed by atoms with Gasteiger partial charge in [-0.2, -0.15) is 0 Å². The lowest BCUT2D eigenvalue weighted by atomic mass is 10.4. The molecular weight excluding hydrogens is 192 g/mol. The number of hydrogen-bond donors (Lipinski definition) is 0. The van der Waals surface area contributed by atoms with Crippen LogP contribution in [0.1, 0.15) is 12.8 Å². The second kappa shape index (κ2) is 7.17. The van der Waals surface area contributed by atoms with Gasteiger partial charge in [0, 0.05) is 33.9 Å². The highest BCUT2D eigenvalue weighted by molar-refractivity contribution is 4.67. The van der Waals surface area contributed by atoms with Crippen molar-refractivity contribution >= 4 is 0 Å². The zero-order valence-electron chi connectivity index (χ0n) is 10.2. The summed E-state index contributed by atoms with van der Waals surface area (Å²) in [6.07, 6.45) is 2.62. The van der Waals surface area contributed by atoms with E-state index < -0.39 is 0 Å². The van der Waals surface area contributed by atoms with Crippen LogP contribution in [0.2, 0.25) is 0 Å². The molecule has 0 aromatic rings. The van der Waals surface area contributed by atoms with Crippen LogP contribution in [0.5, 0.6) is 0 Å². The fraction of sp³-hybridized carbons (Fsp3) is 1.00. The summed E-state index contributed by atoms with van der Waals surface area (Å²) < 4.78 is 10.3. The number of methoxy groups -OCH3 is 2. The zero-order valence-corrected chi connectivity index (χ0v) is 10.2. The van der Waals surface area contributed by atoms with Crippen LogP contribution in [0.3, 0.4) is 0 Å². The van der Waals surface area contributed by atoms with E-state index in [1.165, 1.54) is 25.9 Å². The van der Waals surface area contributed by atoms with Crippen molar-refractivity contribution in [2.45, 2.75) is 19.1 Å². The highest BCUT2D eigenvalue weighted by Gasteiger charge is 2.13. The van der Waals surface area contributed by atoms with Gasteiger partial charge in [0.15, 0.2) is 6.29 Å². The minimum atomic E-state index is -0.103. The third-order valence-electron chi connectivity index (χ3n) is 2.98. The molecule has 1 fully saturated rings. The van der Waals surface area contributed by atoms with Gasteiger partial charge in [0.1, 0.15) is 0 Å². The van der Waals surface area contributed by atoms with Crippen LogP contribution in [0, 0.1) is 0 Å². The van der Waals surface area contributed by atoms with E-state index in [0.717, 1.165) is 19.6 Å². The Labute approximate surface area is 93.1 Å². The first-order chi connectivity index (χ1) is 7.26. The molecule has 0 aliphatic carbocycles. The SMILES string of the molecule is COC(CN(C)CCN1CCCC1)OC. The largest absolute Gasteiger partial charge is 0.355 e. The van der Waals surface area contributed by atoms with Crippen LogP contribution >= 0.6 is 0 Å². The van der Waals surface area contributed by atoms with Crippen LogP contribution in [-0.2, 0) is 9.47 Å². The smallest absolute Gasteiger partial charge is 0.169 e. The molecule has 0 bridgehead atoms. The summed E-state index contributed by atoms with van der Waals surface area (Å²) in [6.45, 7) is 5.62. The molecule has 0 atom stereocenters. The molecule has 1 rings (SSSR count). The zero-order chi connectivity index (χ0) is 11.1. The molecule has 1 aliphatic heterocycles. The van der Waals surface area contributed by atoms with Gasteiger partial charge < -0.3 is 19.3 Å². The van der Waals surface area contributed by atoms with Gasteiger partial charge in [-0.15, -0.1) is 0 Å². The molecule has 15 heavy (non-hydrogen) atoms. The molecule has 0 spiro atoms.